The molecule has 4 nitrogen and oxygen atoms in total. The maximum Gasteiger partial charge on any atom is 0.416 e. The molecule has 0 amide bonds. The first-order chi connectivity index (χ1) is 14.7. The number of hydrogen-bond acceptors (Lipinski definition) is 4. The summed E-state index contributed by atoms with van der Waals surface area (Å²) in [6, 6.07) is 3.86. The summed E-state index contributed by atoms with van der Waals surface area (Å²) in [5.74, 6) is 0.573. The third kappa shape index (κ3) is 7.07. The lowest BCUT2D eigenvalue weighted by Crippen LogP contribution is -2.16. The van der Waals surface area contributed by atoms with Gasteiger partial charge in [0, 0.05) is 18.8 Å². The number of aryl methyl sites for hydroxylation is 1. The summed E-state index contributed by atoms with van der Waals surface area (Å²) in [5.41, 5.74) is 1.96. The maximum atomic E-state index is 13.3. The average molecular weight is 458 g/mol. The van der Waals surface area contributed by atoms with E-state index in [2.05, 4.69) is 22.2 Å². The molecule has 0 aliphatic heterocycles. The van der Waals surface area contributed by atoms with Gasteiger partial charge in [0.25, 0.3) is 0 Å². The Morgan fingerprint density at radius 1 is 1.13 bits per heavy atom. The van der Waals surface area contributed by atoms with E-state index < -0.39 is 11.7 Å². The lowest BCUT2D eigenvalue weighted by atomic mass is 9.97. The van der Waals surface area contributed by atoms with Crippen LogP contribution in [0, 0.1) is 6.92 Å². The quantitative estimate of drug-likeness (QED) is 0.293. The Morgan fingerprint density at radius 2 is 1.87 bits per heavy atom. The van der Waals surface area contributed by atoms with Gasteiger partial charge in [-0.25, -0.2) is 9.97 Å². The van der Waals surface area contributed by atoms with Crippen LogP contribution in [0.25, 0.3) is 0 Å². The summed E-state index contributed by atoms with van der Waals surface area (Å²) in [7, 11) is 0. The van der Waals surface area contributed by atoms with Crippen LogP contribution in [0.2, 0.25) is 5.28 Å². The Kier molecular flexibility index (Phi) is 9.56. The molecule has 1 N–H and O–H groups in total. The van der Waals surface area contributed by atoms with Gasteiger partial charge < -0.3 is 10.1 Å². The zero-order valence-corrected chi connectivity index (χ0v) is 19.3. The minimum absolute atomic E-state index is 0.130. The van der Waals surface area contributed by atoms with Gasteiger partial charge in [0.2, 0.25) is 5.28 Å². The predicted octanol–water partition coefficient (Wildman–Crippen LogP) is 6.94. The topological polar surface area (TPSA) is 47.0 Å². The van der Waals surface area contributed by atoms with Crippen LogP contribution in [-0.2, 0) is 23.8 Å². The van der Waals surface area contributed by atoms with E-state index in [0.29, 0.717) is 24.4 Å². The van der Waals surface area contributed by atoms with Gasteiger partial charge >= 0.3 is 6.18 Å². The maximum absolute atomic E-state index is 13.3. The molecule has 172 valence electrons. The number of hydrogen-bond donors (Lipinski definition) is 1. The molecular weight excluding hydrogens is 427 g/mol. The van der Waals surface area contributed by atoms with Crippen molar-refractivity contribution in [3.8, 4) is 0 Å². The first-order valence-corrected chi connectivity index (χ1v) is 11.1. The van der Waals surface area contributed by atoms with Gasteiger partial charge in [0.15, 0.2) is 0 Å². The van der Waals surface area contributed by atoms with E-state index >= 15 is 0 Å². The third-order valence-electron chi connectivity index (χ3n) is 5.22. The number of nitrogens with zero attached hydrogens (tertiary/aromatic N) is 2. The van der Waals surface area contributed by atoms with E-state index in [0.717, 1.165) is 49.6 Å². The lowest BCUT2D eigenvalue weighted by molar-refractivity contribution is -0.138. The molecule has 0 saturated carbocycles. The molecular formula is C23H31ClF3N3O. The fraction of sp³-hybridized carbons (Fsp3) is 0.565. The van der Waals surface area contributed by atoms with Gasteiger partial charge in [-0.1, -0.05) is 26.0 Å². The van der Waals surface area contributed by atoms with Crippen LogP contribution in [0.15, 0.2) is 18.2 Å². The zero-order chi connectivity index (χ0) is 23.0. The van der Waals surface area contributed by atoms with Crippen LogP contribution in [0.4, 0.5) is 19.0 Å². The van der Waals surface area contributed by atoms with E-state index in [1.807, 2.05) is 13.8 Å². The van der Waals surface area contributed by atoms with Crippen molar-refractivity contribution in [2.24, 2.45) is 0 Å². The van der Waals surface area contributed by atoms with E-state index in [1.54, 1.807) is 6.07 Å². The Labute approximate surface area is 187 Å². The number of benzene rings is 1. The summed E-state index contributed by atoms with van der Waals surface area (Å²) >= 11 is 6.17. The van der Waals surface area contributed by atoms with Crippen molar-refractivity contribution in [1.82, 2.24) is 9.97 Å². The number of anilines is 1. The highest BCUT2D eigenvalue weighted by molar-refractivity contribution is 6.28. The molecule has 8 heteroatoms. The molecule has 31 heavy (non-hydrogen) atoms. The van der Waals surface area contributed by atoms with E-state index in [1.165, 1.54) is 13.0 Å². The highest BCUT2D eigenvalue weighted by Crippen LogP contribution is 2.35. The SMILES string of the molecule is CCCOCCCCc1nc(Cl)nc(NC(C)c2cccc(C(F)(F)F)c2C)c1CC. The molecule has 2 rings (SSSR count). The fourth-order valence-corrected chi connectivity index (χ4v) is 3.84. The lowest BCUT2D eigenvalue weighted by Gasteiger charge is -2.22. The Hall–Kier alpha value is -1.86. The fourth-order valence-electron chi connectivity index (χ4n) is 3.65. The molecule has 0 bridgehead atoms. The number of rotatable bonds is 11. The molecule has 1 atom stereocenters. The number of aromatic nitrogens is 2. The third-order valence-corrected chi connectivity index (χ3v) is 5.39. The number of ether oxygens (including phenoxy) is 1. The number of unbranched alkanes of at least 4 members (excludes halogenated alkanes) is 1. The van der Waals surface area contributed by atoms with Crippen LogP contribution in [0.5, 0.6) is 0 Å². The summed E-state index contributed by atoms with van der Waals surface area (Å²) in [4.78, 5) is 8.74. The molecule has 0 saturated heterocycles. The summed E-state index contributed by atoms with van der Waals surface area (Å²) < 4.78 is 45.4. The van der Waals surface area contributed by atoms with Crippen molar-refractivity contribution in [1.29, 1.82) is 0 Å². The van der Waals surface area contributed by atoms with E-state index in [-0.39, 0.29) is 16.9 Å². The van der Waals surface area contributed by atoms with Crippen molar-refractivity contribution in [3.05, 3.63) is 51.4 Å². The standard InChI is InChI=1S/C23H31ClF3N3O/c1-5-13-31-14-8-7-12-20-17(6-2)21(30-22(24)29-20)28-16(4)18-10-9-11-19(15(18)3)23(25,26)27/h9-11,16H,5-8,12-14H2,1-4H3,(H,28,29,30). The second kappa shape index (κ2) is 11.7. The first kappa shape index (κ1) is 25.4. The molecule has 0 aliphatic carbocycles. The highest BCUT2D eigenvalue weighted by Gasteiger charge is 2.33. The monoisotopic (exact) mass is 457 g/mol. The molecule has 1 aromatic carbocycles. The summed E-state index contributed by atoms with van der Waals surface area (Å²) in [6.45, 7) is 8.88. The van der Waals surface area contributed by atoms with Crippen LogP contribution in [0.3, 0.4) is 0 Å². The molecule has 0 fully saturated rings. The van der Waals surface area contributed by atoms with Crippen molar-refractivity contribution >= 4 is 17.4 Å². The minimum Gasteiger partial charge on any atom is -0.381 e. The number of alkyl halides is 3. The van der Waals surface area contributed by atoms with Crippen molar-refractivity contribution < 1.29 is 17.9 Å². The van der Waals surface area contributed by atoms with E-state index in [4.69, 9.17) is 16.3 Å². The van der Waals surface area contributed by atoms with Gasteiger partial charge in [0.1, 0.15) is 5.82 Å². The van der Waals surface area contributed by atoms with Crippen molar-refractivity contribution in [3.63, 3.8) is 0 Å². The van der Waals surface area contributed by atoms with Crippen LogP contribution in [0.1, 0.15) is 74.0 Å². The molecule has 2 aromatic rings. The zero-order valence-electron chi connectivity index (χ0n) is 18.6. The average Bonchev–Trinajstić information content (AvgIpc) is 2.69. The van der Waals surface area contributed by atoms with Crippen LogP contribution in [-0.4, -0.2) is 23.2 Å². The van der Waals surface area contributed by atoms with E-state index in [9.17, 15) is 13.2 Å². The molecule has 1 heterocycles. The first-order valence-electron chi connectivity index (χ1n) is 10.7. The molecule has 0 spiro atoms. The van der Waals surface area contributed by atoms with Gasteiger partial charge in [0.05, 0.1) is 17.3 Å². The minimum atomic E-state index is -4.39. The second-order valence-electron chi connectivity index (χ2n) is 7.57. The number of nitrogens with one attached hydrogen (secondary N) is 1. The van der Waals surface area contributed by atoms with Gasteiger partial charge in [-0.05, 0) is 74.7 Å². The summed E-state index contributed by atoms with van der Waals surface area (Å²) in [6.07, 6.45) is -0.123. The van der Waals surface area contributed by atoms with Crippen molar-refractivity contribution in [2.75, 3.05) is 18.5 Å². The molecule has 0 radical (unpaired) electrons. The van der Waals surface area contributed by atoms with Crippen molar-refractivity contribution in [2.45, 2.75) is 72.0 Å². The predicted molar refractivity (Wildman–Crippen MR) is 119 cm³/mol. The Bertz CT molecular complexity index is 859. The van der Waals surface area contributed by atoms with Gasteiger partial charge in [-0.2, -0.15) is 13.2 Å². The Morgan fingerprint density at radius 3 is 2.52 bits per heavy atom. The smallest absolute Gasteiger partial charge is 0.381 e. The summed E-state index contributed by atoms with van der Waals surface area (Å²) in [5, 5.41) is 3.40. The van der Waals surface area contributed by atoms with Crippen LogP contribution < -0.4 is 5.32 Å². The molecule has 1 aromatic heterocycles. The molecule has 0 aliphatic rings. The number of halogens is 4. The van der Waals surface area contributed by atoms with Gasteiger partial charge in [-0.15, -0.1) is 0 Å². The molecule has 1 unspecified atom stereocenters. The van der Waals surface area contributed by atoms with Gasteiger partial charge in [-0.3, -0.25) is 0 Å². The second-order valence-corrected chi connectivity index (χ2v) is 7.91. The Balaban J connectivity index is 2.20. The highest BCUT2D eigenvalue weighted by atomic mass is 35.5. The van der Waals surface area contributed by atoms with Crippen LogP contribution >= 0.6 is 11.6 Å². The largest absolute Gasteiger partial charge is 0.416 e. The normalized spacial score (nSPS) is 12.8.